The summed E-state index contributed by atoms with van der Waals surface area (Å²) >= 11 is 0. The SMILES string of the molecule is COC1CCN(CC(=O)NC(=O)NCC(C)C)C(CN)C1. The van der Waals surface area contributed by atoms with Crippen molar-refractivity contribution in [3.05, 3.63) is 0 Å². The van der Waals surface area contributed by atoms with E-state index in [4.69, 9.17) is 10.5 Å². The summed E-state index contributed by atoms with van der Waals surface area (Å²) in [4.78, 5) is 25.5. The fourth-order valence-corrected chi connectivity index (χ4v) is 2.42. The minimum Gasteiger partial charge on any atom is -0.381 e. The van der Waals surface area contributed by atoms with Gasteiger partial charge in [0, 0.05) is 32.8 Å². The van der Waals surface area contributed by atoms with Crippen LogP contribution in [0.3, 0.4) is 0 Å². The molecule has 1 fully saturated rings. The lowest BCUT2D eigenvalue weighted by atomic mass is 9.99. The molecule has 0 aromatic carbocycles. The number of ether oxygens (including phenoxy) is 1. The van der Waals surface area contributed by atoms with Gasteiger partial charge in [-0.25, -0.2) is 4.79 Å². The molecular weight excluding hydrogens is 272 g/mol. The first kappa shape index (κ1) is 17.9. The van der Waals surface area contributed by atoms with Crippen LogP contribution in [0.1, 0.15) is 26.7 Å². The number of rotatable bonds is 6. The molecule has 1 rings (SSSR count). The van der Waals surface area contributed by atoms with Crippen molar-refractivity contribution in [2.75, 3.05) is 33.3 Å². The van der Waals surface area contributed by atoms with Gasteiger partial charge in [0.1, 0.15) is 0 Å². The summed E-state index contributed by atoms with van der Waals surface area (Å²) in [5.74, 6) is 0.0473. The summed E-state index contributed by atoms with van der Waals surface area (Å²) in [5, 5.41) is 5.01. The maximum absolute atomic E-state index is 11.9. The molecule has 2 unspecified atom stereocenters. The van der Waals surface area contributed by atoms with Gasteiger partial charge >= 0.3 is 6.03 Å². The lowest BCUT2D eigenvalue weighted by molar-refractivity contribution is -0.122. The van der Waals surface area contributed by atoms with Gasteiger partial charge in [-0.15, -0.1) is 0 Å². The average molecular weight is 300 g/mol. The van der Waals surface area contributed by atoms with Gasteiger partial charge in [0.15, 0.2) is 0 Å². The van der Waals surface area contributed by atoms with E-state index in [0.29, 0.717) is 19.0 Å². The number of hydrogen-bond donors (Lipinski definition) is 3. The Kier molecular flexibility index (Phi) is 7.63. The van der Waals surface area contributed by atoms with Crippen molar-refractivity contribution in [3.63, 3.8) is 0 Å². The number of carbonyl (C=O) groups excluding carboxylic acids is 2. The van der Waals surface area contributed by atoms with E-state index in [-0.39, 0.29) is 24.6 Å². The highest BCUT2D eigenvalue weighted by atomic mass is 16.5. The zero-order chi connectivity index (χ0) is 15.8. The number of carbonyl (C=O) groups is 2. The number of amides is 3. The van der Waals surface area contributed by atoms with Crippen LogP contribution in [-0.4, -0.2) is 62.3 Å². The van der Waals surface area contributed by atoms with Crippen LogP contribution in [-0.2, 0) is 9.53 Å². The van der Waals surface area contributed by atoms with Crippen molar-refractivity contribution in [3.8, 4) is 0 Å². The van der Waals surface area contributed by atoms with Crippen LogP contribution in [0.25, 0.3) is 0 Å². The maximum Gasteiger partial charge on any atom is 0.321 e. The third-order valence-electron chi connectivity index (χ3n) is 3.67. The quantitative estimate of drug-likeness (QED) is 0.637. The molecule has 0 radical (unpaired) electrons. The lowest BCUT2D eigenvalue weighted by Gasteiger charge is -2.37. The predicted octanol–water partition coefficient (Wildman–Crippen LogP) is -0.0937. The molecule has 7 nitrogen and oxygen atoms in total. The summed E-state index contributed by atoms with van der Waals surface area (Å²) in [6.07, 6.45) is 1.90. The molecule has 21 heavy (non-hydrogen) atoms. The summed E-state index contributed by atoms with van der Waals surface area (Å²) in [7, 11) is 1.69. The van der Waals surface area contributed by atoms with E-state index < -0.39 is 6.03 Å². The molecule has 122 valence electrons. The summed E-state index contributed by atoms with van der Waals surface area (Å²) < 4.78 is 5.35. The second-order valence-electron chi connectivity index (χ2n) is 5.89. The highest BCUT2D eigenvalue weighted by Gasteiger charge is 2.28. The smallest absolute Gasteiger partial charge is 0.321 e. The van der Waals surface area contributed by atoms with Crippen molar-refractivity contribution in [1.29, 1.82) is 0 Å². The number of urea groups is 1. The second kappa shape index (κ2) is 8.96. The molecule has 0 spiro atoms. The summed E-state index contributed by atoms with van der Waals surface area (Å²) in [6, 6.07) is -0.321. The minimum absolute atomic E-state index is 0.119. The Hall–Kier alpha value is -1.18. The number of nitrogens with one attached hydrogen (secondary N) is 2. The molecule has 1 saturated heterocycles. The van der Waals surface area contributed by atoms with E-state index in [1.165, 1.54) is 0 Å². The van der Waals surface area contributed by atoms with Crippen LogP contribution < -0.4 is 16.4 Å². The number of methoxy groups -OCH3 is 1. The number of likely N-dealkylation sites (tertiary alicyclic amines) is 1. The Morgan fingerprint density at radius 3 is 2.71 bits per heavy atom. The Labute approximate surface area is 126 Å². The first-order valence-electron chi connectivity index (χ1n) is 7.50. The first-order valence-corrected chi connectivity index (χ1v) is 7.50. The Morgan fingerprint density at radius 2 is 2.14 bits per heavy atom. The molecule has 1 aliphatic rings. The second-order valence-corrected chi connectivity index (χ2v) is 5.89. The lowest BCUT2D eigenvalue weighted by Crippen LogP contribution is -2.53. The van der Waals surface area contributed by atoms with Crippen molar-refractivity contribution < 1.29 is 14.3 Å². The van der Waals surface area contributed by atoms with Gasteiger partial charge in [0.2, 0.25) is 5.91 Å². The summed E-state index contributed by atoms with van der Waals surface area (Å²) in [6.45, 7) is 5.95. The minimum atomic E-state index is -0.440. The first-order chi connectivity index (χ1) is 9.96. The molecular formula is C14H28N4O3. The molecule has 0 bridgehead atoms. The standard InChI is InChI=1S/C14H28N4O3/c1-10(2)8-16-14(20)17-13(19)9-18-5-4-12(21-3)6-11(18)7-15/h10-12H,4-9,15H2,1-3H3,(H2,16,17,19,20). The predicted molar refractivity (Wildman–Crippen MR) is 80.8 cm³/mol. The van der Waals surface area contributed by atoms with Crippen LogP contribution >= 0.6 is 0 Å². The Balaban J connectivity index is 2.37. The molecule has 4 N–H and O–H groups in total. The molecule has 1 aliphatic heterocycles. The third kappa shape index (κ3) is 6.41. The van der Waals surface area contributed by atoms with Crippen molar-refractivity contribution in [2.45, 2.75) is 38.8 Å². The van der Waals surface area contributed by atoms with Gasteiger partial charge in [0.05, 0.1) is 12.6 Å². The van der Waals surface area contributed by atoms with Crippen LogP contribution in [0.2, 0.25) is 0 Å². The van der Waals surface area contributed by atoms with Gasteiger partial charge < -0.3 is 15.8 Å². The van der Waals surface area contributed by atoms with Crippen LogP contribution in [0.5, 0.6) is 0 Å². The number of nitrogens with two attached hydrogens (primary N) is 1. The zero-order valence-electron chi connectivity index (χ0n) is 13.2. The topological polar surface area (TPSA) is 96.7 Å². The Morgan fingerprint density at radius 1 is 1.43 bits per heavy atom. The highest BCUT2D eigenvalue weighted by Crippen LogP contribution is 2.18. The fraction of sp³-hybridized carbons (Fsp3) is 0.857. The van der Waals surface area contributed by atoms with Gasteiger partial charge in [-0.3, -0.25) is 15.0 Å². The molecule has 3 amide bonds. The average Bonchev–Trinajstić information content (AvgIpc) is 2.45. The number of imide groups is 1. The largest absolute Gasteiger partial charge is 0.381 e. The molecule has 0 saturated carbocycles. The molecule has 1 heterocycles. The van der Waals surface area contributed by atoms with E-state index in [2.05, 4.69) is 10.6 Å². The monoisotopic (exact) mass is 300 g/mol. The normalized spacial score (nSPS) is 23.1. The van der Waals surface area contributed by atoms with E-state index in [1.807, 2.05) is 18.7 Å². The zero-order valence-corrected chi connectivity index (χ0v) is 13.2. The molecule has 0 aromatic rings. The highest BCUT2D eigenvalue weighted by molar-refractivity contribution is 5.95. The molecule has 0 aliphatic carbocycles. The van der Waals surface area contributed by atoms with Crippen molar-refractivity contribution >= 4 is 11.9 Å². The van der Waals surface area contributed by atoms with Crippen LogP contribution in [0, 0.1) is 5.92 Å². The Bertz CT molecular complexity index is 349. The van der Waals surface area contributed by atoms with E-state index in [9.17, 15) is 9.59 Å². The van der Waals surface area contributed by atoms with E-state index >= 15 is 0 Å². The van der Waals surface area contributed by atoms with Crippen molar-refractivity contribution in [2.24, 2.45) is 11.7 Å². The molecule has 2 atom stereocenters. The van der Waals surface area contributed by atoms with Gasteiger partial charge in [0.25, 0.3) is 0 Å². The van der Waals surface area contributed by atoms with Crippen LogP contribution in [0.15, 0.2) is 0 Å². The van der Waals surface area contributed by atoms with Crippen LogP contribution in [0.4, 0.5) is 4.79 Å². The van der Waals surface area contributed by atoms with Gasteiger partial charge in [-0.2, -0.15) is 0 Å². The molecule has 7 heteroatoms. The summed E-state index contributed by atoms with van der Waals surface area (Å²) in [5.41, 5.74) is 5.76. The number of hydrogen-bond acceptors (Lipinski definition) is 5. The van der Waals surface area contributed by atoms with Gasteiger partial charge in [-0.05, 0) is 18.8 Å². The number of piperidine rings is 1. The fourth-order valence-electron chi connectivity index (χ4n) is 2.42. The van der Waals surface area contributed by atoms with Crippen molar-refractivity contribution in [1.82, 2.24) is 15.5 Å². The van der Waals surface area contributed by atoms with E-state index in [1.54, 1.807) is 7.11 Å². The third-order valence-corrected chi connectivity index (χ3v) is 3.67. The molecule has 0 aromatic heterocycles. The number of nitrogens with zero attached hydrogens (tertiary/aromatic N) is 1. The maximum atomic E-state index is 11.9. The van der Waals surface area contributed by atoms with Gasteiger partial charge in [-0.1, -0.05) is 13.8 Å². The van der Waals surface area contributed by atoms with E-state index in [0.717, 1.165) is 19.4 Å².